The van der Waals surface area contributed by atoms with Crippen LogP contribution in [0.5, 0.6) is 0 Å². The van der Waals surface area contributed by atoms with Crippen molar-refractivity contribution in [3.05, 3.63) is 107 Å². The summed E-state index contributed by atoms with van der Waals surface area (Å²) < 4.78 is 0. The average Bonchev–Trinajstić information content (AvgIpc) is 3.26. The fourth-order valence-corrected chi connectivity index (χ4v) is 7.21. The number of hydrogen-bond acceptors (Lipinski definition) is 0. The largest absolute Gasteiger partial charge is 0.0619 e. The lowest BCUT2D eigenvalue weighted by molar-refractivity contribution is 0.353. The first-order valence-electron chi connectivity index (χ1n) is 12.6. The molecule has 0 aliphatic heterocycles. The van der Waals surface area contributed by atoms with E-state index >= 15 is 0 Å². The van der Waals surface area contributed by atoms with E-state index in [1.807, 2.05) is 0 Å². The van der Waals surface area contributed by atoms with Gasteiger partial charge in [0.1, 0.15) is 0 Å². The maximum absolute atomic E-state index is 2.54. The quantitative estimate of drug-likeness (QED) is 0.285. The van der Waals surface area contributed by atoms with Crippen LogP contribution in [0, 0.1) is 0 Å². The monoisotopic (exact) mass is 426 g/mol. The molecule has 0 radical (unpaired) electrons. The van der Waals surface area contributed by atoms with Gasteiger partial charge in [-0.2, -0.15) is 0 Å². The molecule has 4 aromatic carbocycles. The predicted molar refractivity (Wildman–Crippen MR) is 139 cm³/mol. The lowest BCUT2D eigenvalue weighted by Crippen LogP contribution is -2.28. The molecule has 0 saturated heterocycles. The SMILES string of the molecule is CC1(C)c2ccccc2-c2ccc(-c3ccc4c(c3)C3(CCCCC3)c3ccccc3-4)cc21. The van der Waals surface area contributed by atoms with Crippen molar-refractivity contribution in [3.63, 3.8) is 0 Å². The molecule has 0 atom stereocenters. The van der Waals surface area contributed by atoms with Crippen molar-refractivity contribution in [2.75, 3.05) is 0 Å². The highest BCUT2D eigenvalue weighted by molar-refractivity contribution is 5.86. The summed E-state index contributed by atoms with van der Waals surface area (Å²) in [7, 11) is 0. The van der Waals surface area contributed by atoms with Crippen molar-refractivity contribution in [2.45, 2.75) is 56.8 Å². The zero-order valence-electron chi connectivity index (χ0n) is 19.6. The van der Waals surface area contributed by atoms with Gasteiger partial charge in [0.15, 0.2) is 0 Å². The van der Waals surface area contributed by atoms with Crippen LogP contribution in [-0.4, -0.2) is 0 Å². The zero-order chi connectivity index (χ0) is 22.2. The molecule has 0 heteroatoms. The minimum atomic E-state index is 0.0412. The van der Waals surface area contributed by atoms with Crippen LogP contribution in [0.1, 0.15) is 68.2 Å². The third kappa shape index (κ3) is 2.53. The van der Waals surface area contributed by atoms with Crippen molar-refractivity contribution in [1.29, 1.82) is 0 Å². The Morgan fingerprint density at radius 1 is 0.485 bits per heavy atom. The van der Waals surface area contributed by atoms with E-state index in [9.17, 15) is 0 Å². The van der Waals surface area contributed by atoms with E-state index in [1.165, 1.54) is 76.6 Å². The molecule has 0 bridgehead atoms. The molecule has 4 aromatic rings. The number of rotatable bonds is 1. The van der Waals surface area contributed by atoms with Gasteiger partial charge in [-0.1, -0.05) is 106 Å². The smallest absolute Gasteiger partial charge is 0.0215 e. The molecule has 0 aromatic heterocycles. The minimum absolute atomic E-state index is 0.0412. The Kier molecular flexibility index (Phi) is 3.93. The molecule has 0 unspecified atom stereocenters. The molecule has 0 heterocycles. The molecular formula is C33H30. The molecule has 7 rings (SSSR count). The second-order valence-electron chi connectivity index (χ2n) is 10.9. The maximum atomic E-state index is 2.54. The molecule has 1 fully saturated rings. The first-order valence-corrected chi connectivity index (χ1v) is 12.6. The van der Waals surface area contributed by atoms with Gasteiger partial charge in [0.25, 0.3) is 0 Å². The normalized spacial score (nSPS) is 18.5. The van der Waals surface area contributed by atoms with E-state index < -0.39 is 0 Å². The highest BCUT2D eigenvalue weighted by atomic mass is 14.5. The van der Waals surface area contributed by atoms with E-state index in [0.717, 1.165) is 0 Å². The van der Waals surface area contributed by atoms with E-state index in [1.54, 1.807) is 11.1 Å². The van der Waals surface area contributed by atoms with Crippen LogP contribution in [0.2, 0.25) is 0 Å². The molecule has 33 heavy (non-hydrogen) atoms. The van der Waals surface area contributed by atoms with Crippen molar-refractivity contribution in [1.82, 2.24) is 0 Å². The van der Waals surface area contributed by atoms with Gasteiger partial charge in [0, 0.05) is 10.8 Å². The summed E-state index contributed by atoms with van der Waals surface area (Å²) >= 11 is 0. The standard InChI is InChI=1S/C33H30/c1-32(2)28-12-6-4-10-24(28)26-16-14-22(20-30(26)32)23-15-17-27-25-11-5-7-13-29(25)33(31(27)21-23)18-8-3-9-19-33/h4-7,10-17,20-21H,3,8-9,18-19H2,1-2H3. The van der Waals surface area contributed by atoms with E-state index in [2.05, 4.69) is 98.8 Å². The second-order valence-corrected chi connectivity index (χ2v) is 10.9. The summed E-state index contributed by atoms with van der Waals surface area (Å²) in [6, 6.07) is 32.6. The van der Waals surface area contributed by atoms with Crippen LogP contribution < -0.4 is 0 Å². The summed E-state index contributed by atoms with van der Waals surface area (Å²) in [5.41, 5.74) is 14.7. The highest BCUT2D eigenvalue weighted by Gasteiger charge is 2.43. The molecule has 162 valence electrons. The Labute approximate surface area is 197 Å². The van der Waals surface area contributed by atoms with Gasteiger partial charge in [-0.15, -0.1) is 0 Å². The number of hydrogen-bond donors (Lipinski definition) is 0. The number of benzene rings is 4. The molecule has 3 aliphatic carbocycles. The van der Waals surface area contributed by atoms with Crippen LogP contribution in [-0.2, 0) is 10.8 Å². The second kappa shape index (κ2) is 6.70. The van der Waals surface area contributed by atoms with Gasteiger partial charge in [-0.25, -0.2) is 0 Å². The molecule has 1 saturated carbocycles. The van der Waals surface area contributed by atoms with E-state index in [-0.39, 0.29) is 10.8 Å². The Bertz CT molecular complexity index is 1410. The summed E-state index contributed by atoms with van der Waals surface area (Å²) in [5, 5.41) is 0. The fourth-order valence-electron chi connectivity index (χ4n) is 7.21. The molecule has 0 nitrogen and oxygen atoms in total. The van der Waals surface area contributed by atoms with Crippen molar-refractivity contribution in [3.8, 4) is 33.4 Å². The van der Waals surface area contributed by atoms with Crippen LogP contribution in [0.4, 0.5) is 0 Å². The van der Waals surface area contributed by atoms with E-state index in [4.69, 9.17) is 0 Å². The lowest BCUT2D eigenvalue weighted by atomic mass is 9.67. The van der Waals surface area contributed by atoms with Crippen molar-refractivity contribution in [2.24, 2.45) is 0 Å². The third-order valence-corrected chi connectivity index (χ3v) is 8.89. The summed E-state index contributed by atoms with van der Waals surface area (Å²) in [4.78, 5) is 0. The zero-order valence-corrected chi connectivity index (χ0v) is 19.6. The molecule has 0 N–H and O–H groups in total. The van der Waals surface area contributed by atoms with Crippen LogP contribution in [0.3, 0.4) is 0 Å². The lowest BCUT2D eigenvalue weighted by Gasteiger charge is -2.36. The Balaban J connectivity index is 1.39. The van der Waals surface area contributed by atoms with Crippen molar-refractivity contribution >= 4 is 0 Å². The Morgan fingerprint density at radius 2 is 1.00 bits per heavy atom. The van der Waals surface area contributed by atoms with Gasteiger partial charge >= 0.3 is 0 Å². The average molecular weight is 427 g/mol. The molecule has 1 spiro atoms. The first-order chi connectivity index (χ1) is 16.1. The van der Waals surface area contributed by atoms with Crippen LogP contribution in [0.25, 0.3) is 33.4 Å². The summed E-state index contributed by atoms with van der Waals surface area (Å²) in [6.07, 6.45) is 6.62. The van der Waals surface area contributed by atoms with Crippen LogP contribution in [0.15, 0.2) is 84.9 Å². The fraction of sp³-hybridized carbons (Fsp3) is 0.273. The first kappa shape index (κ1) is 19.4. The molecule has 0 amide bonds. The van der Waals surface area contributed by atoms with Crippen molar-refractivity contribution < 1.29 is 0 Å². The predicted octanol–water partition coefficient (Wildman–Crippen LogP) is 8.89. The maximum Gasteiger partial charge on any atom is 0.0215 e. The van der Waals surface area contributed by atoms with Gasteiger partial charge < -0.3 is 0 Å². The molecule has 3 aliphatic rings. The van der Waals surface area contributed by atoms with Crippen LogP contribution >= 0.6 is 0 Å². The van der Waals surface area contributed by atoms with Gasteiger partial charge in [0.05, 0.1) is 0 Å². The Hall–Kier alpha value is -3.12. The topological polar surface area (TPSA) is 0 Å². The minimum Gasteiger partial charge on any atom is -0.0619 e. The summed E-state index contributed by atoms with van der Waals surface area (Å²) in [5.74, 6) is 0. The van der Waals surface area contributed by atoms with Gasteiger partial charge in [-0.05, 0) is 80.6 Å². The summed E-state index contributed by atoms with van der Waals surface area (Å²) in [6.45, 7) is 4.75. The van der Waals surface area contributed by atoms with Gasteiger partial charge in [0.2, 0.25) is 0 Å². The van der Waals surface area contributed by atoms with Gasteiger partial charge in [-0.3, -0.25) is 0 Å². The highest BCUT2D eigenvalue weighted by Crippen LogP contribution is 2.56. The number of fused-ring (bicyclic) bond motifs is 8. The molecular weight excluding hydrogens is 396 g/mol. The third-order valence-electron chi connectivity index (χ3n) is 8.89. The Morgan fingerprint density at radius 3 is 1.70 bits per heavy atom. The van der Waals surface area contributed by atoms with E-state index in [0.29, 0.717) is 0 Å².